The molecule has 0 saturated carbocycles. The zero-order chi connectivity index (χ0) is 13.9. The van der Waals surface area contributed by atoms with Crippen molar-refractivity contribution < 1.29 is 10.2 Å². The maximum absolute atomic E-state index is 9.31. The minimum absolute atomic E-state index is 0.130. The average Bonchev–Trinajstić information content (AvgIpc) is 2.35. The molecular formula is C15H28O2Si. The van der Waals surface area contributed by atoms with E-state index in [0.29, 0.717) is 6.42 Å². The molecule has 0 aromatic rings. The van der Waals surface area contributed by atoms with E-state index in [4.69, 9.17) is 5.11 Å². The first-order valence-electron chi connectivity index (χ1n) is 6.75. The third-order valence-corrected chi connectivity index (χ3v) is 8.32. The van der Waals surface area contributed by atoms with E-state index in [0.717, 1.165) is 31.0 Å². The highest BCUT2D eigenvalue weighted by Gasteiger charge is 2.27. The number of rotatable bonds is 12. The summed E-state index contributed by atoms with van der Waals surface area (Å²) < 4.78 is 0. The van der Waals surface area contributed by atoms with E-state index < -0.39 is 14.2 Å². The van der Waals surface area contributed by atoms with Crippen molar-refractivity contribution in [1.82, 2.24) is 0 Å². The summed E-state index contributed by atoms with van der Waals surface area (Å²) in [4.78, 5) is 0. The molecular weight excluding hydrogens is 240 g/mol. The number of unbranched alkanes of at least 4 members (excludes halogenated alkanes) is 1. The van der Waals surface area contributed by atoms with Crippen LogP contribution in [-0.2, 0) is 0 Å². The van der Waals surface area contributed by atoms with Gasteiger partial charge in [-0.1, -0.05) is 37.1 Å². The summed E-state index contributed by atoms with van der Waals surface area (Å²) in [6.45, 7) is 11.5. The van der Waals surface area contributed by atoms with Crippen LogP contribution in [0, 0.1) is 0 Å². The van der Waals surface area contributed by atoms with Crippen LogP contribution in [0.4, 0.5) is 0 Å². The summed E-state index contributed by atoms with van der Waals surface area (Å²) in [7, 11) is -1.38. The first-order valence-corrected chi connectivity index (χ1v) is 9.58. The number of hydrogen-bond acceptors (Lipinski definition) is 2. The van der Waals surface area contributed by atoms with Gasteiger partial charge in [-0.3, -0.25) is 0 Å². The first kappa shape index (κ1) is 17.4. The lowest BCUT2D eigenvalue weighted by Crippen LogP contribution is -2.31. The van der Waals surface area contributed by atoms with Gasteiger partial charge in [0.25, 0.3) is 0 Å². The zero-order valence-electron chi connectivity index (χ0n) is 11.5. The molecule has 1 unspecified atom stereocenters. The molecule has 0 heterocycles. The van der Waals surface area contributed by atoms with Crippen molar-refractivity contribution in [2.45, 2.75) is 49.5 Å². The van der Waals surface area contributed by atoms with Gasteiger partial charge in [-0.2, -0.15) is 0 Å². The number of allylic oxidation sites excluding steroid dienone is 3. The fraction of sp³-hybridized carbons (Fsp3) is 0.600. The van der Waals surface area contributed by atoms with Gasteiger partial charge in [0, 0.05) is 0 Å². The second-order valence-corrected chi connectivity index (χ2v) is 9.79. The monoisotopic (exact) mass is 268 g/mol. The van der Waals surface area contributed by atoms with Gasteiger partial charge in [0.2, 0.25) is 0 Å². The van der Waals surface area contributed by atoms with Crippen LogP contribution >= 0.6 is 0 Å². The van der Waals surface area contributed by atoms with E-state index in [-0.39, 0.29) is 6.61 Å². The predicted molar refractivity (Wildman–Crippen MR) is 82.5 cm³/mol. The van der Waals surface area contributed by atoms with Crippen LogP contribution in [0.5, 0.6) is 0 Å². The van der Waals surface area contributed by atoms with E-state index in [9.17, 15) is 5.11 Å². The van der Waals surface area contributed by atoms with Gasteiger partial charge in [-0.05, 0) is 24.6 Å². The maximum atomic E-state index is 9.31. The van der Waals surface area contributed by atoms with E-state index in [1.54, 1.807) is 0 Å². The Morgan fingerprint density at radius 1 is 0.944 bits per heavy atom. The fourth-order valence-electron chi connectivity index (χ4n) is 2.45. The van der Waals surface area contributed by atoms with Crippen LogP contribution in [0.25, 0.3) is 0 Å². The Bertz CT molecular complexity index is 224. The van der Waals surface area contributed by atoms with E-state index in [1.165, 1.54) is 6.04 Å². The highest BCUT2D eigenvalue weighted by Crippen LogP contribution is 2.29. The highest BCUT2D eigenvalue weighted by atomic mass is 28.3. The molecule has 18 heavy (non-hydrogen) atoms. The summed E-state index contributed by atoms with van der Waals surface area (Å²) in [6.07, 6.45) is 8.31. The maximum Gasteiger partial charge on any atom is 0.0770 e. The van der Waals surface area contributed by atoms with Crippen LogP contribution in [-0.4, -0.2) is 31.0 Å². The van der Waals surface area contributed by atoms with Crippen molar-refractivity contribution in [3.63, 3.8) is 0 Å². The molecule has 0 aliphatic carbocycles. The molecule has 0 aromatic carbocycles. The summed E-state index contributed by atoms with van der Waals surface area (Å²) in [5, 5.41) is 18.1. The quantitative estimate of drug-likeness (QED) is 0.323. The van der Waals surface area contributed by atoms with E-state index in [1.807, 2.05) is 18.2 Å². The van der Waals surface area contributed by atoms with Gasteiger partial charge in [0.1, 0.15) is 0 Å². The van der Waals surface area contributed by atoms with Crippen molar-refractivity contribution in [2.24, 2.45) is 0 Å². The normalized spacial score (nSPS) is 13.0. The van der Waals surface area contributed by atoms with E-state index >= 15 is 0 Å². The standard InChI is InChI=1S/C15H28O2Si/c1-4-10-18(11-5-2,12-6-3)13-8-7-9-15(17)14-16/h4-6,15-17H,1-3,7-14H2. The fourth-order valence-corrected chi connectivity index (χ4v) is 6.40. The Hall–Kier alpha value is -0.643. The van der Waals surface area contributed by atoms with Gasteiger partial charge in [-0.25, -0.2) is 0 Å². The second-order valence-electron chi connectivity index (χ2n) is 5.06. The lowest BCUT2D eigenvalue weighted by atomic mass is 10.2. The minimum atomic E-state index is -1.38. The molecule has 0 bridgehead atoms. The predicted octanol–water partition coefficient (Wildman–Crippen LogP) is 3.52. The van der Waals surface area contributed by atoms with Crippen molar-refractivity contribution in [3.05, 3.63) is 38.0 Å². The average molecular weight is 268 g/mol. The Balaban J connectivity index is 4.24. The molecule has 0 aromatic heterocycles. The SMILES string of the molecule is C=CC[Si](CC=C)(CC=C)CCCCC(O)CO. The van der Waals surface area contributed by atoms with Gasteiger partial charge in [-0.15, -0.1) is 19.7 Å². The molecule has 0 aliphatic heterocycles. The van der Waals surface area contributed by atoms with E-state index in [2.05, 4.69) is 19.7 Å². The molecule has 0 spiro atoms. The molecule has 0 amide bonds. The summed E-state index contributed by atoms with van der Waals surface area (Å²) in [6, 6.07) is 4.53. The van der Waals surface area contributed by atoms with Crippen LogP contribution in [0.15, 0.2) is 38.0 Å². The number of hydrogen-bond donors (Lipinski definition) is 2. The van der Waals surface area contributed by atoms with Crippen LogP contribution < -0.4 is 0 Å². The van der Waals surface area contributed by atoms with Crippen LogP contribution in [0.2, 0.25) is 24.2 Å². The van der Waals surface area contributed by atoms with Gasteiger partial charge in [0.15, 0.2) is 0 Å². The minimum Gasteiger partial charge on any atom is -0.394 e. The highest BCUT2D eigenvalue weighted by molar-refractivity contribution is 6.81. The lowest BCUT2D eigenvalue weighted by molar-refractivity contribution is 0.0864. The molecule has 104 valence electrons. The Morgan fingerprint density at radius 2 is 1.44 bits per heavy atom. The van der Waals surface area contributed by atoms with Gasteiger partial charge >= 0.3 is 0 Å². The molecule has 1 atom stereocenters. The Morgan fingerprint density at radius 3 is 1.83 bits per heavy atom. The Kier molecular flexibility index (Phi) is 9.93. The van der Waals surface area contributed by atoms with Crippen molar-refractivity contribution in [2.75, 3.05) is 6.61 Å². The summed E-state index contributed by atoms with van der Waals surface area (Å²) >= 11 is 0. The molecule has 3 heteroatoms. The molecule has 0 rings (SSSR count). The van der Waals surface area contributed by atoms with Gasteiger partial charge in [0.05, 0.1) is 20.8 Å². The second kappa shape index (κ2) is 10.3. The molecule has 2 N–H and O–H groups in total. The van der Waals surface area contributed by atoms with Crippen molar-refractivity contribution in [3.8, 4) is 0 Å². The van der Waals surface area contributed by atoms with Crippen LogP contribution in [0.3, 0.4) is 0 Å². The van der Waals surface area contributed by atoms with Crippen molar-refractivity contribution >= 4 is 8.07 Å². The number of aliphatic hydroxyl groups is 2. The molecule has 2 nitrogen and oxygen atoms in total. The third-order valence-electron chi connectivity index (χ3n) is 3.44. The molecule has 0 aliphatic rings. The molecule has 0 saturated heterocycles. The first-order chi connectivity index (χ1) is 8.64. The zero-order valence-corrected chi connectivity index (χ0v) is 12.5. The van der Waals surface area contributed by atoms with Crippen molar-refractivity contribution in [1.29, 1.82) is 0 Å². The van der Waals surface area contributed by atoms with Gasteiger partial charge < -0.3 is 10.2 Å². The molecule has 0 fully saturated rings. The molecule has 0 radical (unpaired) electrons. The third kappa shape index (κ3) is 6.94. The topological polar surface area (TPSA) is 40.5 Å². The largest absolute Gasteiger partial charge is 0.394 e. The smallest absolute Gasteiger partial charge is 0.0770 e. The summed E-state index contributed by atoms with van der Waals surface area (Å²) in [5.41, 5.74) is 0. The summed E-state index contributed by atoms with van der Waals surface area (Å²) in [5.74, 6) is 0. The lowest BCUT2D eigenvalue weighted by Gasteiger charge is -2.28. The number of aliphatic hydroxyl groups excluding tert-OH is 2. The Labute approximate surface area is 113 Å². The van der Waals surface area contributed by atoms with Crippen LogP contribution in [0.1, 0.15) is 19.3 Å².